The summed E-state index contributed by atoms with van der Waals surface area (Å²) in [6, 6.07) is 3.23. The summed E-state index contributed by atoms with van der Waals surface area (Å²) in [5, 5.41) is 11.4. The lowest BCUT2D eigenvalue weighted by Crippen LogP contribution is -2.35. The van der Waals surface area contributed by atoms with E-state index in [4.69, 9.17) is 5.11 Å². The Hall–Kier alpha value is -1.98. The quantitative estimate of drug-likeness (QED) is 0.851. The molecule has 0 radical (unpaired) electrons. The summed E-state index contributed by atoms with van der Waals surface area (Å²) in [5.74, 6) is -3.29. The molecule has 2 rings (SSSR count). The average molecular weight is 269 g/mol. The van der Waals surface area contributed by atoms with E-state index in [-0.39, 0.29) is 13.0 Å². The molecule has 0 heterocycles. The Morgan fingerprint density at radius 2 is 1.95 bits per heavy atom. The number of amides is 1. The molecule has 4 nitrogen and oxygen atoms in total. The van der Waals surface area contributed by atoms with E-state index < -0.39 is 28.9 Å². The molecule has 1 aliphatic rings. The normalized spacial score (nSPS) is 15.9. The van der Waals surface area contributed by atoms with Crippen LogP contribution in [0.5, 0.6) is 0 Å². The summed E-state index contributed by atoms with van der Waals surface area (Å²) in [4.78, 5) is 22.5. The van der Waals surface area contributed by atoms with Gasteiger partial charge >= 0.3 is 5.97 Å². The average Bonchev–Trinajstić information content (AvgIpc) is 3.13. The van der Waals surface area contributed by atoms with Crippen molar-refractivity contribution in [3.63, 3.8) is 0 Å². The number of carbonyl (C=O) groups excluding carboxylic acids is 1. The highest BCUT2D eigenvalue weighted by molar-refractivity contribution is 5.82. The minimum Gasteiger partial charge on any atom is -0.481 e. The number of hydrogen-bond acceptors (Lipinski definition) is 2. The van der Waals surface area contributed by atoms with Crippen LogP contribution in [0, 0.1) is 17.0 Å². The van der Waals surface area contributed by atoms with E-state index in [9.17, 15) is 18.4 Å². The zero-order valence-corrected chi connectivity index (χ0v) is 10.1. The molecule has 1 aromatic rings. The first-order valence-corrected chi connectivity index (χ1v) is 5.87. The molecule has 1 aliphatic carbocycles. The van der Waals surface area contributed by atoms with Crippen molar-refractivity contribution in [2.45, 2.75) is 19.3 Å². The number of hydrogen-bond donors (Lipinski definition) is 2. The van der Waals surface area contributed by atoms with Gasteiger partial charge in [0.05, 0.1) is 11.8 Å². The predicted molar refractivity (Wildman–Crippen MR) is 62.4 cm³/mol. The monoisotopic (exact) mass is 269 g/mol. The number of nitrogens with one attached hydrogen (secondary N) is 1. The Morgan fingerprint density at radius 3 is 2.47 bits per heavy atom. The van der Waals surface area contributed by atoms with Crippen molar-refractivity contribution in [1.82, 2.24) is 5.32 Å². The van der Waals surface area contributed by atoms with Crippen LogP contribution in [0.2, 0.25) is 0 Å². The molecule has 102 valence electrons. The number of carboxylic acids is 1. The highest BCUT2D eigenvalue weighted by atomic mass is 19.2. The summed E-state index contributed by atoms with van der Waals surface area (Å²) >= 11 is 0. The van der Waals surface area contributed by atoms with E-state index in [1.54, 1.807) is 0 Å². The van der Waals surface area contributed by atoms with Gasteiger partial charge < -0.3 is 10.4 Å². The lowest BCUT2D eigenvalue weighted by atomic mass is 10.1. The van der Waals surface area contributed by atoms with Gasteiger partial charge in [0.25, 0.3) is 0 Å². The predicted octanol–water partition coefficient (Wildman–Crippen LogP) is 1.49. The molecule has 2 N–H and O–H groups in total. The molecule has 0 bridgehead atoms. The Kier molecular flexibility index (Phi) is 3.50. The Labute approximate surface area is 108 Å². The van der Waals surface area contributed by atoms with Gasteiger partial charge in [0, 0.05) is 6.54 Å². The lowest BCUT2D eigenvalue weighted by Gasteiger charge is -2.11. The van der Waals surface area contributed by atoms with E-state index in [1.165, 1.54) is 6.07 Å². The van der Waals surface area contributed by atoms with Crippen LogP contribution in [-0.2, 0) is 16.0 Å². The fourth-order valence-electron chi connectivity index (χ4n) is 1.78. The van der Waals surface area contributed by atoms with Gasteiger partial charge in [-0.15, -0.1) is 0 Å². The zero-order valence-electron chi connectivity index (χ0n) is 10.1. The van der Waals surface area contributed by atoms with Crippen molar-refractivity contribution < 1.29 is 23.5 Å². The van der Waals surface area contributed by atoms with E-state index in [0.29, 0.717) is 18.4 Å². The van der Waals surface area contributed by atoms with Crippen LogP contribution in [0.1, 0.15) is 18.4 Å². The van der Waals surface area contributed by atoms with Gasteiger partial charge in [-0.25, -0.2) is 8.78 Å². The molecule has 0 spiro atoms. The smallest absolute Gasteiger partial charge is 0.311 e. The van der Waals surface area contributed by atoms with Crippen molar-refractivity contribution >= 4 is 11.9 Å². The summed E-state index contributed by atoms with van der Waals surface area (Å²) in [6.45, 7) is 0.0742. The van der Waals surface area contributed by atoms with Gasteiger partial charge in [-0.05, 0) is 30.5 Å². The van der Waals surface area contributed by atoms with Crippen LogP contribution in [0.15, 0.2) is 18.2 Å². The third-order valence-electron chi connectivity index (χ3n) is 3.28. The van der Waals surface area contributed by atoms with Gasteiger partial charge in [0.15, 0.2) is 11.6 Å². The van der Waals surface area contributed by atoms with Crippen molar-refractivity contribution in [2.75, 3.05) is 6.54 Å². The molecular weight excluding hydrogens is 256 g/mol. The first-order chi connectivity index (χ1) is 8.93. The molecule has 6 heteroatoms. The third-order valence-corrected chi connectivity index (χ3v) is 3.28. The van der Waals surface area contributed by atoms with Crippen molar-refractivity contribution in [2.24, 2.45) is 5.41 Å². The third kappa shape index (κ3) is 3.07. The lowest BCUT2D eigenvalue weighted by molar-refractivity contribution is -0.143. The molecule has 1 fully saturated rings. The topological polar surface area (TPSA) is 66.4 Å². The second-order valence-corrected chi connectivity index (χ2v) is 4.79. The highest BCUT2D eigenvalue weighted by Crippen LogP contribution is 2.45. The van der Waals surface area contributed by atoms with Crippen LogP contribution in [0.25, 0.3) is 0 Å². The Balaban J connectivity index is 1.88. The number of benzene rings is 1. The Bertz CT molecular complexity index is 527. The van der Waals surface area contributed by atoms with Gasteiger partial charge in [0.2, 0.25) is 5.91 Å². The minimum absolute atomic E-state index is 0.0742. The summed E-state index contributed by atoms with van der Waals surface area (Å²) in [5.41, 5.74) is -0.486. The van der Waals surface area contributed by atoms with Crippen molar-refractivity contribution in [3.05, 3.63) is 35.4 Å². The van der Waals surface area contributed by atoms with E-state index in [0.717, 1.165) is 12.1 Å². The molecule has 1 saturated carbocycles. The maximum atomic E-state index is 12.9. The van der Waals surface area contributed by atoms with Crippen LogP contribution in [0.3, 0.4) is 0 Å². The summed E-state index contributed by atoms with van der Waals surface area (Å²) in [7, 11) is 0. The fraction of sp³-hybridized carbons (Fsp3) is 0.385. The van der Waals surface area contributed by atoms with Crippen molar-refractivity contribution in [3.8, 4) is 0 Å². The van der Waals surface area contributed by atoms with Gasteiger partial charge in [-0.2, -0.15) is 0 Å². The highest BCUT2D eigenvalue weighted by Gasteiger charge is 2.50. The number of carboxylic acid groups (broad SMARTS) is 1. The molecule has 0 aliphatic heterocycles. The van der Waals surface area contributed by atoms with E-state index >= 15 is 0 Å². The van der Waals surface area contributed by atoms with E-state index in [1.807, 2.05) is 0 Å². The number of aliphatic carboxylic acids is 1. The second-order valence-electron chi connectivity index (χ2n) is 4.79. The number of halogens is 2. The fourth-order valence-corrected chi connectivity index (χ4v) is 1.78. The second kappa shape index (κ2) is 4.95. The maximum Gasteiger partial charge on any atom is 0.311 e. The van der Waals surface area contributed by atoms with Gasteiger partial charge in [0.1, 0.15) is 0 Å². The SMILES string of the molecule is O=C(Cc1ccc(F)c(F)c1)NCC1(C(=O)O)CC1. The first kappa shape index (κ1) is 13.5. The van der Waals surface area contributed by atoms with Crippen LogP contribution in [0.4, 0.5) is 8.78 Å². The van der Waals surface area contributed by atoms with Gasteiger partial charge in [-0.1, -0.05) is 6.07 Å². The number of rotatable bonds is 5. The molecule has 0 unspecified atom stereocenters. The summed E-state index contributed by atoms with van der Waals surface area (Å²) in [6.07, 6.45) is 0.995. The molecular formula is C13H13F2NO3. The largest absolute Gasteiger partial charge is 0.481 e. The minimum atomic E-state index is -1.01. The van der Waals surface area contributed by atoms with E-state index in [2.05, 4.69) is 5.32 Å². The van der Waals surface area contributed by atoms with Crippen LogP contribution >= 0.6 is 0 Å². The molecule has 0 saturated heterocycles. The first-order valence-electron chi connectivity index (χ1n) is 5.87. The van der Waals surface area contributed by atoms with Gasteiger partial charge in [-0.3, -0.25) is 9.59 Å². The molecule has 19 heavy (non-hydrogen) atoms. The van der Waals surface area contributed by atoms with Crippen LogP contribution in [-0.4, -0.2) is 23.5 Å². The van der Waals surface area contributed by atoms with Crippen LogP contribution < -0.4 is 5.32 Å². The Morgan fingerprint density at radius 1 is 1.26 bits per heavy atom. The summed E-state index contributed by atoms with van der Waals surface area (Å²) < 4.78 is 25.6. The molecule has 0 aromatic heterocycles. The zero-order chi connectivity index (χ0) is 14.0. The number of carbonyl (C=O) groups is 2. The standard InChI is InChI=1S/C13H13F2NO3/c14-9-2-1-8(5-10(9)15)6-11(17)16-7-13(3-4-13)12(18)19/h1-2,5H,3-4,6-7H2,(H,16,17)(H,18,19). The molecule has 1 aromatic carbocycles. The molecule has 1 amide bonds. The molecule has 0 atom stereocenters. The maximum absolute atomic E-state index is 12.9. The van der Waals surface area contributed by atoms with Crippen molar-refractivity contribution in [1.29, 1.82) is 0 Å².